The van der Waals surface area contributed by atoms with E-state index in [-0.39, 0.29) is 6.09 Å². The lowest BCUT2D eigenvalue weighted by Crippen LogP contribution is -2.34. The summed E-state index contributed by atoms with van der Waals surface area (Å²) in [7, 11) is 1.96. The quantitative estimate of drug-likeness (QED) is 0.776. The van der Waals surface area contributed by atoms with E-state index in [1.54, 1.807) is 0 Å². The zero-order valence-corrected chi connectivity index (χ0v) is 10.4. The summed E-state index contributed by atoms with van der Waals surface area (Å²) >= 11 is 0. The lowest BCUT2D eigenvalue weighted by Gasteiger charge is -2.19. The van der Waals surface area contributed by atoms with Crippen LogP contribution < -0.4 is 9.88 Å². The number of imidazole rings is 1. The van der Waals surface area contributed by atoms with E-state index >= 15 is 0 Å². The van der Waals surface area contributed by atoms with Gasteiger partial charge in [-0.3, -0.25) is 0 Å². The molecule has 0 spiro atoms. The highest BCUT2D eigenvalue weighted by Gasteiger charge is 2.15. The van der Waals surface area contributed by atoms with Crippen LogP contribution in [0.1, 0.15) is 20.8 Å². The smallest absolute Gasteiger partial charge is 0.407 e. The molecular weight excluding hydrogens is 206 g/mol. The van der Waals surface area contributed by atoms with Crippen molar-refractivity contribution in [3.8, 4) is 0 Å². The predicted molar refractivity (Wildman–Crippen MR) is 59.8 cm³/mol. The second-order valence-corrected chi connectivity index (χ2v) is 4.75. The summed E-state index contributed by atoms with van der Waals surface area (Å²) < 4.78 is 9.07. The van der Waals surface area contributed by atoms with Gasteiger partial charge in [0.05, 0.1) is 13.6 Å². The number of carbonyl (C=O) groups is 1. The number of aromatic nitrogens is 2. The fraction of sp³-hybridized carbons (Fsp3) is 0.636. The highest BCUT2D eigenvalue weighted by molar-refractivity contribution is 5.67. The van der Waals surface area contributed by atoms with Gasteiger partial charge >= 0.3 is 6.09 Å². The molecule has 0 aliphatic rings. The van der Waals surface area contributed by atoms with Crippen molar-refractivity contribution in [2.75, 3.05) is 6.54 Å². The van der Waals surface area contributed by atoms with Gasteiger partial charge in [-0.1, -0.05) is 0 Å². The molecule has 0 saturated carbocycles. The van der Waals surface area contributed by atoms with Crippen LogP contribution in [-0.4, -0.2) is 22.8 Å². The van der Waals surface area contributed by atoms with Gasteiger partial charge in [0.1, 0.15) is 24.5 Å². The van der Waals surface area contributed by atoms with Crippen molar-refractivity contribution in [2.45, 2.75) is 32.9 Å². The Bertz CT molecular complexity index is 352. The van der Waals surface area contributed by atoms with Crippen LogP contribution in [0.15, 0.2) is 18.7 Å². The first-order valence-electron chi connectivity index (χ1n) is 5.35. The van der Waals surface area contributed by atoms with E-state index < -0.39 is 5.60 Å². The number of nitrogens with zero attached hydrogens (tertiary/aromatic N) is 2. The third kappa shape index (κ3) is 4.82. The Morgan fingerprint density at radius 1 is 1.50 bits per heavy atom. The molecule has 0 saturated heterocycles. The standard InChI is InChI=1S/C11H19N3O2/c1-11(2,3)16-10(15)12-5-6-14-8-7-13(4)9-14/h7-9H,5-6H2,1-4H3/p+1. The van der Waals surface area contributed by atoms with Gasteiger partial charge in [-0.25, -0.2) is 13.9 Å². The minimum absolute atomic E-state index is 0.371. The molecular formula is C11H20N3O2+. The average Bonchev–Trinajstić information content (AvgIpc) is 2.48. The highest BCUT2D eigenvalue weighted by atomic mass is 16.6. The SMILES string of the molecule is C[n+]1ccn(CCNC(=O)OC(C)(C)C)c1. The maximum absolute atomic E-state index is 11.3. The Morgan fingerprint density at radius 2 is 2.19 bits per heavy atom. The Hall–Kier alpha value is -1.52. The molecule has 0 bridgehead atoms. The van der Waals surface area contributed by atoms with E-state index in [9.17, 15) is 4.79 Å². The van der Waals surface area contributed by atoms with Crippen molar-refractivity contribution in [3.63, 3.8) is 0 Å². The van der Waals surface area contributed by atoms with Crippen molar-refractivity contribution in [3.05, 3.63) is 18.7 Å². The lowest BCUT2D eigenvalue weighted by molar-refractivity contribution is -0.671. The molecule has 1 amide bonds. The summed E-state index contributed by atoms with van der Waals surface area (Å²) in [6.07, 6.45) is 5.49. The van der Waals surface area contributed by atoms with Gasteiger partial charge in [-0.2, -0.15) is 0 Å². The minimum atomic E-state index is -0.441. The highest BCUT2D eigenvalue weighted by Crippen LogP contribution is 2.06. The first-order chi connectivity index (χ1) is 7.37. The van der Waals surface area contributed by atoms with Gasteiger partial charge in [0.25, 0.3) is 0 Å². The summed E-state index contributed by atoms with van der Waals surface area (Å²) in [4.78, 5) is 11.3. The number of carbonyl (C=O) groups excluding carboxylic acids is 1. The number of aryl methyl sites for hydroxylation is 1. The van der Waals surface area contributed by atoms with E-state index in [1.807, 2.05) is 55.7 Å². The number of alkyl carbamates (subject to hydrolysis) is 1. The largest absolute Gasteiger partial charge is 0.444 e. The Morgan fingerprint density at radius 3 is 2.69 bits per heavy atom. The zero-order chi connectivity index (χ0) is 12.2. The Balaban J connectivity index is 2.23. The molecule has 90 valence electrons. The summed E-state index contributed by atoms with van der Waals surface area (Å²) in [5, 5.41) is 2.71. The fourth-order valence-electron chi connectivity index (χ4n) is 1.24. The number of rotatable bonds is 3. The lowest BCUT2D eigenvalue weighted by atomic mass is 10.2. The summed E-state index contributed by atoms with van der Waals surface area (Å²) in [6, 6.07) is 0. The second kappa shape index (κ2) is 5.01. The molecule has 0 aliphatic carbocycles. The van der Waals surface area contributed by atoms with E-state index in [1.165, 1.54) is 0 Å². The average molecular weight is 226 g/mol. The number of hydrogen-bond donors (Lipinski definition) is 1. The third-order valence-corrected chi connectivity index (χ3v) is 1.86. The zero-order valence-electron chi connectivity index (χ0n) is 10.4. The van der Waals surface area contributed by atoms with Crippen LogP contribution in [0.4, 0.5) is 4.79 Å². The Kier molecular flexibility index (Phi) is 3.93. The van der Waals surface area contributed by atoms with Gasteiger partial charge in [0.2, 0.25) is 6.33 Å². The normalized spacial score (nSPS) is 11.2. The van der Waals surface area contributed by atoms with Gasteiger partial charge in [-0.05, 0) is 20.8 Å². The van der Waals surface area contributed by atoms with Crippen LogP contribution in [0, 0.1) is 0 Å². The van der Waals surface area contributed by atoms with Crippen LogP contribution in [0.25, 0.3) is 0 Å². The first-order valence-corrected chi connectivity index (χ1v) is 5.35. The molecule has 16 heavy (non-hydrogen) atoms. The van der Waals surface area contributed by atoms with Crippen LogP contribution in [0.5, 0.6) is 0 Å². The van der Waals surface area contributed by atoms with Crippen molar-refractivity contribution in [1.29, 1.82) is 0 Å². The van der Waals surface area contributed by atoms with Gasteiger partial charge < -0.3 is 10.1 Å². The molecule has 5 heteroatoms. The Labute approximate surface area is 96.0 Å². The maximum Gasteiger partial charge on any atom is 0.407 e. The minimum Gasteiger partial charge on any atom is -0.444 e. The number of amides is 1. The van der Waals surface area contributed by atoms with Crippen molar-refractivity contribution < 1.29 is 14.1 Å². The molecule has 1 aromatic rings. The van der Waals surface area contributed by atoms with Gasteiger partial charge in [0.15, 0.2) is 0 Å². The number of hydrogen-bond acceptors (Lipinski definition) is 2. The van der Waals surface area contributed by atoms with E-state index in [2.05, 4.69) is 5.32 Å². The first kappa shape index (κ1) is 12.5. The molecule has 0 fully saturated rings. The molecule has 5 nitrogen and oxygen atoms in total. The van der Waals surface area contributed by atoms with Crippen LogP contribution in [0.3, 0.4) is 0 Å². The maximum atomic E-state index is 11.3. The van der Waals surface area contributed by atoms with Crippen molar-refractivity contribution >= 4 is 6.09 Å². The van der Waals surface area contributed by atoms with E-state index in [0.29, 0.717) is 6.54 Å². The van der Waals surface area contributed by atoms with Gasteiger partial charge in [0, 0.05) is 0 Å². The third-order valence-electron chi connectivity index (χ3n) is 1.86. The van der Waals surface area contributed by atoms with E-state index in [4.69, 9.17) is 4.74 Å². The molecule has 1 N–H and O–H groups in total. The van der Waals surface area contributed by atoms with Crippen LogP contribution >= 0.6 is 0 Å². The molecule has 0 unspecified atom stereocenters. The number of nitrogens with one attached hydrogen (secondary N) is 1. The predicted octanol–water partition coefficient (Wildman–Crippen LogP) is 0.837. The molecule has 1 rings (SSSR count). The monoisotopic (exact) mass is 226 g/mol. The topological polar surface area (TPSA) is 47.1 Å². The van der Waals surface area contributed by atoms with Crippen molar-refractivity contribution in [2.24, 2.45) is 7.05 Å². The summed E-state index contributed by atoms with van der Waals surface area (Å²) in [5.74, 6) is 0. The van der Waals surface area contributed by atoms with Crippen molar-refractivity contribution in [1.82, 2.24) is 9.88 Å². The molecule has 0 atom stereocenters. The summed E-state index contributed by atoms with van der Waals surface area (Å²) in [6.45, 7) is 6.83. The van der Waals surface area contributed by atoms with Crippen LogP contribution in [-0.2, 0) is 18.3 Å². The summed E-state index contributed by atoms with van der Waals surface area (Å²) in [5.41, 5.74) is -0.441. The van der Waals surface area contributed by atoms with Gasteiger partial charge in [-0.15, -0.1) is 0 Å². The fourth-order valence-corrected chi connectivity index (χ4v) is 1.24. The van der Waals surface area contributed by atoms with E-state index in [0.717, 1.165) is 6.54 Å². The second-order valence-electron chi connectivity index (χ2n) is 4.75. The van der Waals surface area contributed by atoms with Crippen LogP contribution in [0.2, 0.25) is 0 Å². The molecule has 1 aromatic heterocycles. The molecule has 0 aromatic carbocycles. The molecule has 0 aliphatic heterocycles. The molecule has 0 radical (unpaired) electrons. The number of ether oxygens (including phenoxy) is 1. The molecule has 1 heterocycles.